The SMILES string of the molecule is CC12CCC(OC=O)CC1CCC1C2CCC2(C)C(c3ccc(=O)oc3)C[C@H]3OC132. The van der Waals surface area contributed by atoms with Gasteiger partial charge in [-0.2, -0.15) is 0 Å². The van der Waals surface area contributed by atoms with Crippen molar-refractivity contribution in [1.82, 2.24) is 0 Å². The summed E-state index contributed by atoms with van der Waals surface area (Å²) >= 11 is 0. The summed E-state index contributed by atoms with van der Waals surface area (Å²) in [6, 6.07) is 3.53. The van der Waals surface area contributed by atoms with Crippen LogP contribution in [-0.2, 0) is 14.3 Å². The van der Waals surface area contributed by atoms with Gasteiger partial charge in [0.2, 0.25) is 0 Å². The molecule has 30 heavy (non-hydrogen) atoms. The molecule has 8 unspecified atom stereocenters. The van der Waals surface area contributed by atoms with E-state index in [1.807, 2.05) is 6.07 Å². The Morgan fingerprint density at radius 2 is 1.93 bits per heavy atom. The fourth-order valence-corrected chi connectivity index (χ4v) is 8.92. The first-order valence-electron chi connectivity index (χ1n) is 11.8. The van der Waals surface area contributed by atoms with Crippen molar-refractivity contribution < 1.29 is 18.7 Å². The molecule has 1 aromatic rings. The maximum Gasteiger partial charge on any atom is 0.335 e. The molecule has 5 heteroatoms. The number of ether oxygens (including phenoxy) is 2. The van der Waals surface area contributed by atoms with E-state index in [4.69, 9.17) is 13.9 Å². The minimum atomic E-state index is -0.276. The first kappa shape index (κ1) is 19.1. The smallest absolute Gasteiger partial charge is 0.335 e. The predicted octanol–water partition coefficient (Wildman–Crippen LogP) is 4.44. The fourth-order valence-electron chi connectivity index (χ4n) is 8.92. The number of hydrogen-bond donors (Lipinski definition) is 0. The van der Waals surface area contributed by atoms with Gasteiger partial charge in [0.25, 0.3) is 6.47 Å². The van der Waals surface area contributed by atoms with E-state index in [0.29, 0.717) is 41.7 Å². The maximum atomic E-state index is 11.5. The van der Waals surface area contributed by atoms with Crippen molar-refractivity contribution in [1.29, 1.82) is 0 Å². The summed E-state index contributed by atoms with van der Waals surface area (Å²) in [5.41, 5.74) is 1.33. The van der Waals surface area contributed by atoms with Gasteiger partial charge in [-0.1, -0.05) is 13.8 Å². The molecule has 6 rings (SSSR count). The van der Waals surface area contributed by atoms with Crippen molar-refractivity contribution in [2.24, 2.45) is 28.6 Å². The molecule has 2 heterocycles. The van der Waals surface area contributed by atoms with Crippen molar-refractivity contribution in [3.05, 3.63) is 34.4 Å². The van der Waals surface area contributed by atoms with Crippen molar-refractivity contribution in [2.45, 2.75) is 88.9 Å². The van der Waals surface area contributed by atoms with Crippen LogP contribution in [0.1, 0.15) is 76.7 Å². The molecule has 1 aromatic heterocycles. The number of hydrogen-bond acceptors (Lipinski definition) is 5. The molecule has 5 aliphatic rings. The molecule has 0 amide bonds. The van der Waals surface area contributed by atoms with Crippen LogP contribution in [0.15, 0.2) is 27.6 Å². The maximum absolute atomic E-state index is 11.5. The Kier molecular flexibility index (Phi) is 3.95. The van der Waals surface area contributed by atoms with Gasteiger partial charge >= 0.3 is 5.63 Å². The number of fused-ring (bicyclic) bond motifs is 3. The molecule has 162 valence electrons. The average molecular weight is 413 g/mol. The fraction of sp³-hybridized carbons (Fsp3) is 0.760. The van der Waals surface area contributed by atoms with E-state index in [1.165, 1.54) is 25.7 Å². The summed E-state index contributed by atoms with van der Waals surface area (Å²) in [6.45, 7) is 5.59. The van der Waals surface area contributed by atoms with Crippen molar-refractivity contribution >= 4 is 6.47 Å². The first-order valence-corrected chi connectivity index (χ1v) is 11.8. The van der Waals surface area contributed by atoms with E-state index >= 15 is 0 Å². The highest BCUT2D eigenvalue weighted by Gasteiger charge is 2.80. The molecule has 5 nitrogen and oxygen atoms in total. The van der Waals surface area contributed by atoms with Crippen molar-refractivity contribution in [3.63, 3.8) is 0 Å². The van der Waals surface area contributed by atoms with Crippen molar-refractivity contribution in [3.8, 4) is 0 Å². The van der Waals surface area contributed by atoms with Crippen molar-refractivity contribution in [2.75, 3.05) is 0 Å². The third-order valence-corrected chi connectivity index (χ3v) is 10.4. The largest absolute Gasteiger partial charge is 0.465 e. The van der Waals surface area contributed by atoms with Gasteiger partial charge in [-0.15, -0.1) is 0 Å². The Bertz CT molecular complexity index is 904. The summed E-state index contributed by atoms with van der Waals surface area (Å²) < 4.78 is 17.2. The molecule has 0 N–H and O–H groups in total. The lowest BCUT2D eigenvalue weighted by atomic mass is 9.44. The van der Waals surface area contributed by atoms with Gasteiger partial charge in [0.1, 0.15) is 11.7 Å². The minimum Gasteiger partial charge on any atom is -0.465 e. The predicted molar refractivity (Wildman–Crippen MR) is 110 cm³/mol. The monoisotopic (exact) mass is 412 g/mol. The van der Waals surface area contributed by atoms with Crippen LogP contribution in [0, 0.1) is 28.6 Å². The Hall–Kier alpha value is -1.62. The molecule has 4 saturated carbocycles. The number of epoxide rings is 1. The van der Waals surface area contributed by atoms with Gasteiger partial charge in [0.05, 0.1) is 12.4 Å². The third kappa shape index (κ3) is 2.28. The molecule has 0 bridgehead atoms. The summed E-state index contributed by atoms with van der Waals surface area (Å²) in [6.07, 6.45) is 11.2. The quantitative estimate of drug-likeness (QED) is 0.542. The number of rotatable bonds is 3. The lowest BCUT2D eigenvalue weighted by molar-refractivity contribution is -0.154. The molecule has 9 atom stereocenters. The average Bonchev–Trinajstić information content (AvgIpc) is 3.39. The molecule has 4 aliphatic carbocycles. The highest BCUT2D eigenvalue weighted by Crippen LogP contribution is 2.77. The minimum absolute atomic E-state index is 0.000838. The molecule has 0 radical (unpaired) electrons. The molecule has 0 aromatic carbocycles. The molecule has 1 saturated heterocycles. The van der Waals surface area contributed by atoms with Gasteiger partial charge in [0.15, 0.2) is 0 Å². The van der Waals surface area contributed by atoms with Crippen LogP contribution < -0.4 is 5.63 Å². The van der Waals surface area contributed by atoms with Gasteiger partial charge in [-0.05, 0) is 92.1 Å². The third-order valence-electron chi connectivity index (χ3n) is 10.4. The molecule has 1 spiro atoms. The van der Waals surface area contributed by atoms with E-state index < -0.39 is 0 Å². The lowest BCUT2D eigenvalue weighted by Crippen LogP contribution is -2.58. The van der Waals surface area contributed by atoms with Crippen LogP contribution in [0.3, 0.4) is 0 Å². The zero-order valence-corrected chi connectivity index (χ0v) is 18.0. The molecule has 5 fully saturated rings. The van der Waals surface area contributed by atoms with Crippen LogP contribution in [0.2, 0.25) is 0 Å². The van der Waals surface area contributed by atoms with Gasteiger partial charge in [0, 0.05) is 11.5 Å². The Labute approximate surface area is 177 Å². The van der Waals surface area contributed by atoms with Gasteiger partial charge in [-0.3, -0.25) is 4.79 Å². The van der Waals surface area contributed by atoms with E-state index in [9.17, 15) is 9.59 Å². The van der Waals surface area contributed by atoms with E-state index in [1.54, 1.807) is 12.3 Å². The molecule has 1 aliphatic heterocycles. The van der Waals surface area contributed by atoms with Crippen LogP contribution in [-0.4, -0.2) is 24.3 Å². The Balaban J connectivity index is 1.30. The second-order valence-electron chi connectivity index (χ2n) is 11.2. The summed E-state index contributed by atoms with van der Waals surface area (Å²) in [7, 11) is 0. The van der Waals surface area contributed by atoms with Crippen LogP contribution in [0.25, 0.3) is 0 Å². The normalized spacial score (nSPS) is 51.1. The zero-order chi connectivity index (χ0) is 20.7. The first-order chi connectivity index (χ1) is 14.4. The second-order valence-corrected chi connectivity index (χ2v) is 11.2. The highest BCUT2D eigenvalue weighted by molar-refractivity contribution is 5.38. The summed E-state index contributed by atoms with van der Waals surface area (Å²) in [5.74, 6) is 2.37. The van der Waals surface area contributed by atoms with Crippen LogP contribution in [0.5, 0.6) is 0 Å². The summed E-state index contributed by atoms with van der Waals surface area (Å²) in [5, 5.41) is 0. The number of carbonyl (C=O) groups excluding carboxylic acids is 1. The standard InChI is InChI=1S/C25H32O5/c1-23-9-7-17(29-14-26)11-16(23)4-5-19-18(23)8-10-24(2)20(12-21-25(19,24)30-21)15-3-6-22(27)28-13-15/h3,6,13-14,16-21H,4-5,7-12H2,1-2H3/t16?,17?,18?,19?,20?,21-,23?,24?,25?/m1/s1. The highest BCUT2D eigenvalue weighted by atomic mass is 16.6. The molecular formula is C25H32O5. The van der Waals surface area contributed by atoms with Crippen LogP contribution >= 0.6 is 0 Å². The molecular weight excluding hydrogens is 380 g/mol. The van der Waals surface area contributed by atoms with Gasteiger partial charge in [-0.25, -0.2) is 4.79 Å². The summed E-state index contributed by atoms with van der Waals surface area (Å²) in [4.78, 5) is 22.3. The number of carbonyl (C=O) groups is 1. The Morgan fingerprint density at radius 1 is 1.07 bits per heavy atom. The lowest BCUT2D eigenvalue weighted by Gasteiger charge is -2.61. The van der Waals surface area contributed by atoms with Gasteiger partial charge < -0.3 is 13.9 Å². The van der Waals surface area contributed by atoms with E-state index in [2.05, 4.69) is 13.8 Å². The zero-order valence-electron chi connectivity index (χ0n) is 18.0. The Morgan fingerprint density at radius 3 is 2.70 bits per heavy atom. The van der Waals surface area contributed by atoms with E-state index in [0.717, 1.165) is 31.2 Å². The topological polar surface area (TPSA) is 69.0 Å². The van der Waals surface area contributed by atoms with E-state index in [-0.39, 0.29) is 22.7 Å². The second kappa shape index (κ2) is 6.21. The van der Waals surface area contributed by atoms with Crippen LogP contribution in [0.4, 0.5) is 0 Å².